The van der Waals surface area contributed by atoms with Crippen LogP contribution in [0.5, 0.6) is 11.5 Å². The zero-order chi connectivity index (χ0) is 49.6. The molecule has 3 aromatic carbocycles. The molecule has 68 heavy (non-hydrogen) atoms. The van der Waals surface area contributed by atoms with Crippen molar-refractivity contribution in [2.24, 2.45) is 5.92 Å². The molecule has 0 aliphatic carbocycles. The zero-order valence-corrected chi connectivity index (χ0v) is 43.5. The van der Waals surface area contributed by atoms with Gasteiger partial charge in [0, 0.05) is 18.0 Å². The van der Waals surface area contributed by atoms with Crippen LogP contribution in [-0.2, 0) is 33.3 Å². The standard InChI is InChI=1S/C50H68N7O9PSi/c1-32(2)45(58)54-48-53-44-41(46(59)55-48)52-31-56(44)47-43(66-68(12,13)49(7,8)9)42(65-67(63-29-17-28-51)57(33(3)4)34(5)6)40(64-47)30-62-50(35-18-15-14-16-19-35,36-20-24-38(60-10)25-21-36)37-22-26-39(61-11)27-23-37/h14-16,18-27,31-34,40,42-43,47H,17,29-30H2,1-13H3,(H2,53,54,55,58,59)/t40-,42-,43+,47-,67?/m1/s1. The number of anilines is 1. The minimum absolute atomic E-state index is 0.0142. The summed E-state index contributed by atoms with van der Waals surface area (Å²) in [6.07, 6.45) is -1.90. The van der Waals surface area contributed by atoms with E-state index in [2.05, 4.69) is 87.6 Å². The third kappa shape index (κ3) is 11.4. The van der Waals surface area contributed by atoms with Gasteiger partial charge in [0.1, 0.15) is 35.4 Å². The fourth-order valence-corrected chi connectivity index (χ4v) is 11.0. The van der Waals surface area contributed by atoms with Crippen LogP contribution in [0.15, 0.2) is 90.0 Å². The zero-order valence-electron chi connectivity index (χ0n) is 41.6. The van der Waals surface area contributed by atoms with E-state index in [1.807, 2.05) is 78.9 Å². The number of H-pyrrole nitrogens is 1. The lowest BCUT2D eigenvalue weighted by atomic mass is 9.80. The van der Waals surface area contributed by atoms with Gasteiger partial charge in [-0.25, -0.2) is 9.65 Å². The number of benzene rings is 3. The van der Waals surface area contributed by atoms with Gasteiger partial charge in [-0.1, -0.05) is 89.2 Å². The number of carbonyl (C=O) groups excluding carboxylic acids is 1. The number of aromatic amines is 1. The second-order valence-corrected chi connectivity index (χ2v) is 25.4. The summed E-state index contributed by atoms with van der Waals surface area (Å²) in [7, 11) is -1.30. The van der Waals surface area contributed by atoms with E-state index in [0.717, 1.165) is 16.7 Å². The summed E-state index contributed by atoms with van der Waals surface area (Å²) >= 11 is 0. The Bertz CT molecular complexity index is 2490. The van der Waals surface area contributed by atoms with E-state index in [1.54, 1.807) is 32.6 Å². The highest BCUT2D eigenvalue weighted by molar-refractivity contribution is 7.44. The lowest BCUT2D eigenvalue weighted by Crippen LogP contribution is -2.50. The molecule has 18 heteroatoms. The number of methoxy groups -OCH3 is 2. The minimum Gasteiger partial charge on any atom is -0.497 e. The van der Waals surface area contributed by atoms with Gasteiger partial charge in [0.2, 0.25) is 11.9 Å². The van der Waals surface area contributed by atoms with E-state index >= 15 is 0 Å². The highest BCUT2D eigenvalue weighted by Crippen LogP contribution is 2.53. The molecule has 1 amide bonds. The molecule has 0 saturated carbocycles. The SMILES string of the molecule is COc1ccc(C(OC[C@H]2O[C@@H](n3cnc4c(=O)[nH]c(NC(=O)C(C)C)nc43)[C@@H](O[Si](C)(C)C(C)(C)C)[C@@H]2OP(OCCC#N)N(C(C)C)C(C)C)(c2ccccc2)c2ccc(OC)cc2)cc1. The maximum Gasteiger partial charge on any atom is 0.280 e. The van der Waals surface area contributed by atoms with Crippen molar-refractivity contribution < 1.29 is 37.2 Å². The fourth-order valence-electron chi connectivity index (χ4n) is 7.95. The van der Waals surface area contributed by atoms with Crippen LogP contribution in [0.1, 0.15) is 91.7 Å². The molecular formula is C50H68N7O9PSi. The average molecular weight is 970 g/mol. The van der Waals surface area contributed by atoms with Crippen molar-refractivity contribution in [2.45, 2.75) is 129 Å². The molecule has 0 radical (unpaired) electrons. The molecular weight excluding hydrogens is 902 g/mol. The summed E-state index contributed by atoms with van der Waals surface area (Å²) in [6, 6.07) is 27.8. The van der Waals surface area contributed by atoms with Gasteiger partial charge in [-0.3, -0.25) is 24.5 Å². The number of nitriles is 1. The van der Waals surface area contributed by atoms with Crippen LogP contribution in [0.4, 0.5) is 5.95 Å². The van der Waals surface area contributed by atoms with Crippen LogP contribution in [0.3, 0.4) is 0 Å². The first-order chi connectivity index (χ1) is 32.3. The number of nitrogens with one attached hydrogen (secondary N) is 2. The number of fused-ring (bicyclic) bond motifs is 1. The number of rotatable bonds is 21. The van der Waals surface area contributed by atoms with E-state index in [0.29, 0.717) is 11.5 Å². The topological polar surface area (TPSA) is 184 Å². The predicted octanol–water partition coefficient (Wildman–Crippen LogP) is 9.69. The third-order valence-electron chi connectivity index (χ3n) is 12.5. The molecule has 1 unspecified atom stereocenters. The molecule has 1 saturated heterocycles. The Morgan fingerprint density at radius 2 is 1.49 bits per heavy atom. The van der Waals surface area contributed by atoms with Crippen molar-refractivity contribution in [3.63, 3.8) is 0 Å². The van der Waals surface area contributed by atoms with E-state index in [9.17, 15) is 14.9 Å². The number of nitrogens with zero attached hydrogens (tertiary/aromatic N) is 5. The predicted molar refractivity (Wildman–Crippen MR) is 266 cm³/mol. The number of imidazole rings is 1. The van der Waals surface area contributed by atoms with Gasteiger partial charge in [0.15, 0.2) is 25.7 Å². The Kier molecular flexibility index (Phi) is 17.1. The van der Waals surface area contributed by atoms with Crippen molar-refractivity contribution >= 4 is 39.9 Å². The fraction of sp³-hybridized carbons (Fsp3) is 0.500. The Hall–Kier alpha value is -5.02. The molecule has 366 valence electrons. The maximum atomic E-state index is 13.6. The molecule has 1 fully saturated rings. The summed E-state index contributed by atoms with van der Waals surface area (Å²) < 4.78 is 51.3. The molecule has 0 spiro atoms. The van der Waals surface area contributed by atoms with E-state index in [1.165, 1.54) is 6.33 Å². The van der Waals surface area contributed by atoms with Crippen LogP contribution in [-0.4, -0.2) is 96.2 Å². The summed E-state index contributed by atoms with van der Waals surface area (Å²) in [5, 5.41) is 12.1. The van der Waals surface area contributed by atoms with Crippen molar-refractivity contribution in [3.05, 3.63) is 112 Å². The van der Waals surface area contributed by atoms with Gasteiger partial charge >= 0.3 is 0 Å². The number of aromatic nitrogens is 4. The monoisotopic (exact) mass is 969 g/mol. The van der Waals surface area contributed by atoms with Crippen LogP contribution in [0.25, 0.3) is 11.2 Å². The molecule has 2 aromatic heterocycles. The third-order valence-corrected chi connectivity index (χ3v) is 19.1. The molecule has 5 aromatic rings. The number of hydrogen-bond acceptors (Lipinski definition) is 13. The maximum absolute atomic E-state index is 13.6. The van der Waals surface area contributed by atoms with Gasteiger partial charge in [-0.05, 0) is 86.8 Å². The van der Waals surface area contributed by atoms with E-state index < -0.39 is 52.5 Å². The lowest BCUT2D eigenvalue weighted by Gasteiger charge is -2.42. The number of ether oxygens (including phenoxy) is 4. The van der Waals surface area contributed by atoms with Crippen molar-refractivity contribution in [1.29, 1.82) is 5.26 Å². The summed E-state index contributed by atoms with van der Waals surface area (Å²) in [5.74, 6) is 0.647. The van der Waals surface area contributed by atoms with Gasteiger partial charge in [0.05, 0.1) is 46.3 Å². The Morgan fingerprint density at radius 1 is 0.912 bits per heavy atom. The molecule has 5 atom stereocenters. The molecule has 6 rings (SSSR count). The number of hydrogen-bond donors (Lipinski definition) is 2. The first-order valence-electron chi connectivity index (χ1n) is 23.1. The van der Waals surface area contributed by atoms with Crippen molar-refractivity contribution in [3.8, 4) is 17.6 Å². The molecule has 3 heterocycles. The quantitative estimate of drug-likeness (QED) is 0.0307. The summed E-state index contributed by atoms with van der Waals surface area (Å²) in [5.41, 5.74) is 0.963. The number of amides is 1. The summed E-state index contributed by atoms with van der Waals surface area (Å²) in [6.45, 7) is 22.7. The van der Waals surface area contributed by atoms with E-state index in [-0.39, 0.29) is 65.7 Å². The van der Waals surface area contributed by atoms with Gasteiger partial charge in [-0.15, -0.1) is 0 Å². The van der Waals surface area contributed by atoms with Gasteiger partial charge in [0.25, 0.3) is 14.1 Å². The van der Waals surface area contributed by atoms with Crippen LogP contribution < -0.4 is 20.3 Å². The Labute approximate surface area is 402 Å². The highest BCUT2D eigenvalue weighted by Gasteiger charge is 2.54. The Morgan fingerprint density at radius 3 is 2.00 bits per heavy atom. The first kappa shape index (κ1) is 52.4. The molecule has 1 aliphatic heterocycles. The molecule has 0 bridgehead atoms. The smallest absolute Gasteiger partial charge is 0.280 e. The minimum atomic E-state index is -2.70. The number of carbonyl (C=O) groups is 1. The van der Waals surface area contributed by atoms with E-state index in [4.69, 9.17) is 37.4 Å². The van der Waals surface area contributed by atoms with Crippen molar-refractivity contribution in [2.75, 3.05) is 32.8 Å². The van der Waals surface area contributed by atoms with Crippen LogP contribution in [0, 0.1) is 17.2 Å². The van der Waals surface area contributed by atoms with Crippen LogP contribution >= 0.6 is 8.53 Å². The molecule has 1 aliphatic rings. The molecule has 16 nitrogen and oxygen atoms in total. The normalized spacial score (nSPS) is 18.4. The van der Waals surface area contributed by atoms with Gasteiger partial charge in [-0.2, -0.15) is 10.2 Å². The summed E-state index contributed by atoms with van der Waals surface area (Å²) in [4.78, 5) is 38.5. The van der Waals surface area contributed by atoms with Gasteiger partial charge < -0.3 is 32.4 Å². The highest BCUT2D eigenvalue weighted by atomic mass is 31.2. The second kappa shape index (κ2) is 22.2. The largest absolute Gasteiger partial charge is 0.497 e. The lowest BCUT2D eigenvalue weighted by molar-refractivity contribution is -0.118. The second-order valence-electron chi connectivity index (χ2n) is 19.2. The van der Waals surface area contributed by atoms with Crippen LogP contribution in [0.2, 0.25) is 18.1 Å². The first-order valence-corrected chi connectivity index (χ1v) is 27.1. The Balaban J connectivity index is 1.59. The van der Waals surface area contributed by atoms with Crippen molar-refractivity contribution in [1.82, 2.24) is 24.2 Å². The molecule has 2 N–H and O–H groups in total. The average Bonchev–Trinajstić information content (AvgIpc) is 3.87.